The molecule has 0 amide bonds. The molecule has 1 saturated carbocycles. The highest BCUT2D eigenvalue weighted by Gasteiger charge is 2.23. The molecule has 1 nitrogen and oxygen atoms in total. The molecule has 1 fully saturated rings. The average molecular weight is 203 g/mol. The van der Waals surface area contributed by atoms with Gasteiger partial charge < -0.3 is 5.73 Å². The van der Waals surface area contributed by atoms with Crippen LogP contribution in [0.4, 0.5) is 0 Å². The Morgan fingerprint density at radius 1 is 1.20 bits per heavy atom. The van der Waals surface area contributed by atoms with E-state index < -0.39 is 0 Å². The van der Waals surface area contributed by atoms with E-state index in [0.29, 0.717) is 5.92 Å². The molecule has 1 aromatic rings. The quantitative estimate of drug-likeness (QED) is 0.782. The van der Waals surface area contributed by atoms with Gasteiger partial charge in [-0.05, 0) is 43.7 Å². The normalized spacial score (nSPS) is 19.4. The number of nitrogens with two attached hydrogens (primary N) is 1. The summed E-state index contributed by atoms with van der Waals surface area (Å²) in [5, 5.41) is 0. The first-order valence-electron chi connectivity index (χ1n) is 6.01. The molecule has 2 N–H and O–H groups in total. The van der Waals surface area contributed by atoms with Crippen LogP contribution in [0.5, 0.6) is 0 Å². The van der Waals surface area contributed by atoms with Gasteiger partial charge in [0.15, 0.2) is 0 Å². The van der Waals surface area contributed by atoms with Crippen molar-refractivity contribution >= 4 is 0 Å². The number of aryl methyl sites for hydroxylation is 2. The van der Waals surface area contributed by atoms with Gasteiger partial charge in [0, 0.05) is 6.04 Å². The summed E-state index contributed by atoms with van der Waals surface area (Å²) in [5.74, 6) is 0.714. The lowest BCUT2D eigenvalue weighted by molar-refractivity contribution is 0.443. The maximum Gasteiger partial charge on any atom is 0.0326 e. The van der Waals surface area contributed by atoms with Crippen LogP contribution in [0.1, 0.15) is 48.4 Å². The van der Waals surface area contributed by atoms with Crippen molar-refractivity contribution in [2.75, 3.05) is 0 Å². The Balaban J connectivity index is 2.20. The Bertz CT molecular complexity index is 337. The predicted molar refractivity (Wildman–Crippen MR) is 64.8 cm³/mol. The molecule has 82 valence electrons. The number of rotatable bonds is 2. The van der Waals surface area contributed by atoms with Crippen LogP contribution in [-0.4, -0.2) is 0 Å². The molecule has 15 heavy (non-hydrogen) atoms. The van der Waals surface area contributed by atoms with Gasteiger partial charge in [0.1, 0.15) is 0 Å². The predicted octanol–water partition coefficient (Wildman–Crippen LogP) is 3.49. The van der Waals surface area contributed by atoms with Crippen molar-refractivity contribution in [3.63, 3.8) is 0 Å². The monoisotopic (exact) mass is 203 g/mol. The molecule has 1 aliphatic rings. The molecule has 0 saturated heterocycles. The molecule has 0 aliphatic heterocycles. The second-order valence-corrected chi connectivity index (χ2v) is 4.93. The summed E-state index contributed by atoms with van der Waals surface area (Å²) in [6.45, 7) is 4.31. The largest absolute Gasteiger partial charge is 0.324 e. The van der Waals surface area contributed by atoms with E-state index in [9.17, 15) is 0 Å². The SMILES string of the molecule is Cc1ccc([C@@H](N)C2CCCC2)c(C)c1. The molecule has 0 heterocycles. The van der Waals surface area contributed by atoms with Crippen molar-refractivity contribution in [3.05, 3.63) is 34.9 Å². The first-order chi connectivity index (χ1) is 7.18. The summed E-state index contributed by atoms with van der Waals surface area (Å²) in [6.07, 6.45) is 5.36. The molecule has 1 heteroatoms. The van der Waals surface area contributed by atoms with Crippen molar-refractivity contribution in [1.29, 1.82) is 0 Å². The van der Waals surface area contributed by atoms with Crippen LogP contribution < -0.4 is 5.73 Å². The van der Waals surface area contributed by atoms with Crippen molar-refractivity contribution in [2.45, 2.75) is 45.6 Å². The minimum absolute atomic E-state index is 0.257. The highest BCUT2D eigenvalue weighted by molar-refractivity contribution is 5.33. The van der Waals surface area contributed by atoms with E-state index in [1.807, 2.05) is 0 Å². The van der Waals surface area contributed by atoms with E-state index in [2.05, 4.69) is 32.0 Å². The van der Waals surface area contributed by atoms with Gasteiger partial charge in [-0.1, -0.05) is 36.6 Å². The van der Waals surface area contributed by atoms with Crippen LogP contribution >= 0.6 is 0 Å². The Kier molecular flexibility index (Phi) is 3.11. The lowest BCUT2D eigenvalue weighted by Crippen LogP contribution is -2.20. The van der Waals surface area contributed by atoms with E-state index in [0.717, 1.165) is 0 Å². The minimum Gasteiger partial charge on any atom is -0.324 e. The first kappa shape index (κ1) is 10.7. The highest BCUT2D eigenvalue weighted by atomic mass is 14.7. The fourth-order valence-corrected chi connectivity index (χ4v) is 2.77. The van der Waals surface area contributed by atoms with Crippen molar-refractivity contribution in [2.24, 2.45) is 11.7 Å². The van der Waals surface area contributed by atoms with E-state index in [1.54, 1.807) is 0 Å². The van der Waals surface area contributed by atoms with Gasteiger partial charge in [0.2, 0.25) is 0 Å². The Morgan fingerprint density at radius 3 is 2.47 bits per heavy atom. The highest BCUT2D eigenvalue weighted by Crippen LogP contribution is 2.35. The van der Waals surface area contributed by atoms with Crippen molar-refractivity contribution in [1.82, 2.24) is 0 Å². The molecule has 1 aliphatic carbocycles. The van der Waals surface area contributed by atoms with Gasteiger partial charge in [0.25, 0.3) is 0 Å². The third-order valence-electron chi connectivity index (χ3n) is 3.69. The third-order valence-corrected chi connectivity index (χ3v) is 3.69. The van der Waals surface area contributed by atoms with Gasteiger partial charge >= 0.3 is 0 Å². The van der Waals surface area contributed by atoms with Crippen LogP contribution in [0, 0.1) is 19.8 Å². The number of hydrogen-bond acceptors (Lipinski definition) is 1. The summed E-state index contributed by atoms with van der Waals surface area (Å²) >= 11 is 0. The lowest BCUT2D eigenvalue weighted by atomic mass is 9.89. The summed E-state index contributed by atoms with van der Waals surface area (Å²) in [5.41, 5.74) is 10.4. The second kappa shape index (κ2) is 4.36. The maximum absolute atomic E-state index is 6.35. The van der Waals surface area contributed by atoms with Crippen LogP contribution in [0.3, 0.4) is 0 Å². The van der Waals surface area contributed by atoms with Gasteiger partial charge in [-0.15, -0.1) is 0 Å². The Morgan fingerprint density at radius 2 is 1.87 bits per heavy atom. The number of benzene rings is 1. The zero-order valence-electron chi connectivity index (χ0n) is 9.79. The van der Waals surface area contributed by atoms with E-state index in [-0.39, 0.29) is 6.04 Å². The summed E-state index contributed by atoms with van der Waals surface area (Å²) < 4.78 is 0. The fourth-order valence-electron chi connectivity index (χ4n) is 2.77. The smallest absolute Gasteiger partial charge is 0.0326 e. The zero-order valence-corrected chi connectivity index (χ0v) is 9.79. The molecule has 0 radical (unpaired) electrons. The topological polar surface area (TPSA) is 26.0 Å². The number of hydrogen-bond donors (Lipinski definition) is 1. The molecule has 1 atom stereocenters. The van der Waals surface area contributed by atoms with Crippen LogP contribution in [0.15, 0.2) is 18.2 Å². The molecule has 0 aromatic heterocycles. The second-order valence-electron chi connectivity index (χ2n) is 4.93. The van der Waals surface area contributed by atoms with Crippen LogP contribution in [0.2, 0.25) is 0 Å². The Hall–Kier alpha value is -0.820. The van der Waals surface area contributed by atoms with E-state index in [1.165, 1.54) is 42.4 Å². The fraction of sp³-hybridized carbons (Fsp3) is 0.571. The van der Waals surface area contributed by atoms with Crippen LogP contribution in [0.25, 0.3) is 0 Å². The van der Waals surface area contributed by atoms with Gasteiger partial charge in [-0.25, -0.2) is 0 Å². The molecule has 0 bridgehead atoms. The van der Waals surface area contributed by atoms with Crippen LogP contribution in [-0.2, 0) is 0 Å². The molecule has 0 unspecified atom stereocenters. The average Bonchev–Trinajstić information content (AvgIpc) is 2.69. The molecule has 0 spiro atoms. The van der Waals surface area contributed by atoms with Gasteiger partial charge in [0.05, 0.1) is 0 Å². The van der Waals surface area contributed by atoms with Gasteiger partial charge in [-0.2, -0.15) is 0 Å². The summed E-state index contributed by atoms with van der Waals surface area (Å²) in [4.78, 5) is 0. The van der Waals surface area contributed by atoms with Gasteiger partial charge in [-0.3, -0.25) is 0 Å². The van der Waals surface area contributed by atoms with Crippen molar-refractivity contribution < 1.29 is 0 Å². The standard InChI is InChI=1S/C14H21N/c1-10-7-8-13(11(2)9-10)14(15)12-5-3-4-6-12/h7-9,12,14H,3-6,15H2,1-2H3/t14-/m0/s1. The first-order valence-corrected chi connectivity index (χ1v) is 6.01. The van der Waals surface area contributed by atoms with E-state index >= 15 is 0 Å². The zero-order chi connectivity index (χ0) is 10.8. The third kappa shape index (κ3) is 2.23. The maximum atomic E-state index is 6.35. The summed E-state index contributed by atoms with van der Waals surface area (Å²) in [6, 6.07) is 6.89. The lowest BCUT2D eigenvalue weighted by Gasteiger charge is -2.21. The molecule has 2 rings (SSSR count). The molecular formula is C14H21N. The molecule has 1 aromatic carbocycles. The molecular weight excluding hydrogens is 182 g/mol. The minimum atomic E-state index is 0.257. The van der Waals surface area contributed by atoms with E-state index in [4.69, 9.17) is 5.73 Å². The summed E-state index contributed by atoms with van der Waals surface area (Å²) in [7, 11) is 0. The van der Waals surface area contributed by atoms with Crippen molar-refractivity contribution in [3.8, 4) is 0 Å². The Labute approximate surface area is 92.7 Å².